The first kappa shape index (κ1) is 21.9. The quantitative estimate of drug-likeness (QED) is 0.256. The van der Waals surface area contributed by atoms with Gasteiger partial charge in [-0.1, -0.05) is 48.5 Å². The minimum atomic E-state index is -0.124. The van der Waals surface area contributed by atoms with Crippen molar-refractivity contribution in [3.05, 3.63) is 96.1 Å². The van der Waals surface area contributed by atoms with Crippen LogP contribution in [-0.4, -0.2) is 23.3 Å². The summed E-state index contributed by atoms with van der Waals surface area (Å²) >= 11 is 7.22. The van der Waals surface area contributed by atoms with Crippen LogP contribution in [0.2, 0.25) is 0 Å². The minimum absolute atomic E-state index is 0.0142. The van der Waals surface area contributed by atoms with E-state index in [9.17, 15) is 4.79 Å². The lowest BCUT2D eigenvalue weighted by Gasteiger charge is -2.18. The number of benzene rings is 3. The second-order valence-corrected chi connectivity index (χ2v) is 8.31. The topological polar surface area (TPSA) is 53.2 Å². The monoisotopic (exact) mass is 435 g/mol. The molecule has 0 fully saturated rings. The van der Waals surface area contributed by atoms with Crippen LogP contribution in [0.25, 0.3) is 0 Å². The smallest absolute Gasteiger partial charge is 0.255 e. The van der Waals surface area contributed by atoms with Crippen molar-refractivity contribution in [2.24, 2.45) is 0 Å². The van der Waals surface area contributed by atoms with Crippen molar-refractivity contribution in [3.8, 4) is 0 Å². The van der Waals surface area contributed by atoms with Gasteiger partial charge in [0.15, 0.2) is 5.11 Å². The summed E-state index contributed by atoms with van der Waals surface area (Å²) in [4.78, 5) is 13.6. The minimum Gasteiger partial charge on any atom is -0.362 e. The Morgan fingerprint density at radius 2 is 1.67 bits per heavy atom. The van der Waals surface area contributed by atoms with Gasteiger partial charge in [0, 0.05) is 28.4 Å². The van der Waals surface area contributed by atoms with Crippen LogP contribution in [0, 0.1) is 0 Å². The Balaban J connectivity index is 1.46. The fourth-order valence-corrected chi connectivity index (χ4v) is 3.93. The van der Waals surface area contributed by atoms with Crippen molar-refractivity contribution >= 4 is 40.7 Å². The standard InChI is InChI=1S/C24H25N3OS2/c1-18(26-24(29)25-15-16-30-22-13-6-3-7-14-22)20-11-8-12-21(17-20)27-23(28)19-9-4-2-5-10-19/h2-14,17-18H,15-16H2,1H3,(H,27,28)(H2,25,26,29). The highest BCUT2D eigenvalue weighted by atomic mass is 32.2. The molecule has 4 nitrogen and oxygen atoms in total. The van der Waals surface area contributed by atoms with Crippen LogP contribution < -0.4 is 16.0 Å². The largest absolute Gasteiger partial charge is 0.362 e. The van der Waals surface area contributed by atoms with Gasteiger partial charge in [0.05, 0.1) is 6.04 Å². The number of hydrogen-bond acceptors (Lipinski definition) is 3. The number of thiocarbonyl (C=S) groups is 1. The van der Waals surface area contributed by atoms with Crippen molar-refractivity contribution in [2.75, 3.05) is 17.6 Å². The first-order valence-corrected chi connectivity index (χ1v) is 11.2. The molecule has 3 aromatic carbocycles. The zero-order chi connectivity index (χ0) is 21.2. The van der Waals surface area contributed by atoms with Gasteiger partial charge in [-0.25, -0.2) is 0 Å². The van der Waals surface area contributed by atoms with Crippen LogP contribution in [0.5, 0.6) is 0 Å². The molecule has 0 spiro atoms. The number of nitrogens with one attached hydrogen (secondary N) is 3. The molecule has 0 aromatic heterocycles. The maximum atomic E-state index is 12.4. The van der Waals surface area contributed by atoms with Crippen molar-refractivity contribution < 1.29 is 4.79 Å². The van der Waals surface area contributed by atoms with Gasteiger partial charge in [0.1, 0.15) is 0 Å². The summed E-state index contributed by atoms with van der Waals surface area (Å²) in [5.41, 5.74) is 2.43. The van der Waals surface area contributed by atoms with E-state index in [1.54, 1.807) is 23.9 Å². The van der Waals surface area contributed by atoms with Crippen LogP contribution in [-0.2, 0) is 0 Å². The second-order valence-electron chi connectivity index (χ2n) is 6.73. The maximum Gasteiger partial charge on any atom is 0.255 e. The molecule has 0 aliphatic rings. The van der Waals surface area contributed by atoms with Crippen LogP contribution in [0.3, 0.4) is 0 Å². The molecule has 0 bridgehead atoms. The molecular weight excluding hydrogens is 410 g/mol. The van der Waals surface area contributed by atoms with E-state index in [1.165, 1.54) is 4.90 Å². The van der Waals surface area contributed by atoms with Gasteiger partial charge in [-0.15, -0.1) is 11.8 Å². The van der Waals surface area contributed by atoms with E-state index >= 15 is 0 Å². The normalized spacial score (nSPS) is 11.4. The van der Waals surface area contributed by atoms with Crippen molar-refractivity contribution in [2.45, 2.75) is 17.9 Å². The van der Waals surface area contributed by atoms with E-state index < -0.39 is 0 Å². The lowest BCUT2D eigenvalue weighted by molar-refractivity contribution is 0.102. The second kappa shape index (κ2) is 11.4. The lowest BCUT2D eigenvalue weighted by atomic mass is 10.1. The summed E-state index contributed by atoms with van der Waals surface area (Å²) in [5.74, 6) is 0.808. The molecule has 1 unspecified atom stereocenters. The molecule has 1 atom stereocenters. The van der Waals surface area contributed by atoms with E-state index in [0.29, 0.717) is 10.7 Å². The summed E-state index contributed by atoms with van der Waals surface area (Å²) in [6.07, 6.45) is 0. The molecule has 0 aliphatic carbocycles. The average molecular weight is 436 g/mol. The SMILES string of the molecule is CC(NC(=S)NCCSc1ccccc1)c1cccc(NC(=O)c2ccccc2)c1. The van der Waals surface area contributed by atoms with Gasteiger partial charge in [0.25, 0.3) is 5.91 Å². The number of rotatable bonds is 8. The Bertz CT molecular complexity index is 964. The van der Waals surface area contributed by atoms with E-state index in [1.807, 2.05) is 67.6 Å². The first-order chi connectivity index (χ1) is 14.6. The summed E-state index contributed by atoms with van der Waals surface area (Å²) in [6.45, 7) is 2.83. The lowest BCUT2D eigenvalue weighted by Crippen LogP contribution is -2.37. The number of amides is 1. The molecule has 30 heavy (non-hydrogen) atoms. The van der Waals surface area contributed by atoms with Crippen molar-refractivity contribution in [3.63, 3.8) is 0 Å². The van der Waals surface area contributed by atoms with Crippen LogP contribution in [0.15, 0.2) is 89.8 Å². The highest BCUT2D eigenvalue weighted by molar-refractivity contribution is 7.99. The van der Waals surface area contributed by atoms with Gasteiger partial charge in [-0.3, -0.25) is 4.79 Å². The Morgan fingerprint density at radius 3 is 2.40 bits per heavy atom. The fourth-order valence-electron chi connectivity index (χ4n) is 2.86. The van der Waals surface area contributed by atoms with Gasteiger partial charge in [-0.2, -0.15) is 0 Å². The van der Waals surface area contributed by atoms with Gasteiger partial charge in [0.2, 0.25) is 0 Å². The van der Waals surface area contributed by atoms with Gasteiger partial charge < -0.3 is 16.0 Å². The van der Waals surface area contributed by atoms with Gasteiger partial charge >= 0.3 is 0 Å². The van der Waals surface area contributed by atoms with E-state index in [2.05, 4.69) is 28.1 Å². The number of carbonyl (C=O) groups is 1. The van der Waals surface area contributed by atoms with E-state index in [4.69, 9.17) is 12.2 Å². The molecule has 6 heteroatoms. The summed E-state index contributed by atoms with van der Waals surface area (Å²) < 4.78 is 0. The Labute approximate surface area is 187 Å². The third-order valence-corrected chi connectivity index (χ3v) is 5.70. The molecule has 0 aliphatic heterocycles. The van der Waals surface area contributed by atoms with Crippen LogP contribution in [0.4, 0.5) is 5.69 Å². The summed E-state index contributed by atoms with van der Waals surface area (Å²) in [5, 5.41) is 10.1. The number of anilines is 1. The highest BCUT2D eigenvalue weighted by Crippen LogP contribution is 2.18. The molecule has 0 saturated heterocycles. The summed E-state index contributed by atoms with van der Waals surface area (Å²) in [7, 11) is 0. The third-order valence-electron chi connectivity index (χ3n) is 4.43. The summed E-state index contributed by atoms with van der Waals surface area (Å²) in [6, 6.07) is 27.3. The zero-order valence-electron chi connectivity index (χ0n) is 16.8. The maximum absolute atomic E-state index is 12.4. The van der Waals surface area contributed by atoms with E-state index in [0.717, 1.165) is 23.5 Å². The Kier molecular flexibility index (Phi) is 8.30. The number of hydrogen-bond donors (Lipinski definition) is 3. The molecule has 0 heterocycles. The van der Waals surface area contributed by atoms with Gasteiger partial charge in [-0.05, 0) is 61.1 Å². The van der Waals surface area contributed by atoms with Crippen molar-refractivity contribution in [1.29, 1.82) is 0 Å². The fraction of sp³-hybridized carbons (Fsp3) is 0.167. The molecular formula is C24H25N3OS2. The molecule has 0 radical (unpaired) electrons. The van der Waals surface area contributed by atoms with Crippen molar-refractivity contribution in [1.82, 2.24) is 10.6 Å². The molecule has 3 rings (SSSR count). The Morgan fingerprint density at radius 1 is 0.967 bits per heavy atom. The Hall–Kier alpha value is -2.83. The third kappa shape index (κ3) is 6.90. The molecule has 1 amide bonds. The first-order valence-electron chi connectivity index (χ1n) is 9.80. The molecule has 3 N–H and O–H groups in total. The average Bonchev–Trinajstić information content (AvgIpc) is 2.78. The zero-order valence-corrected chi connectivity index (χ0v) is 18.4. The molecule has 154 valence electrons. The molecule has 0 saturated carbocycles. The predicted octanol–water partition coefficient (Wildman–Crippen LogP) is 5.26. The van der Waals surface area contributed by atoms with Crippen LogP contribution >= 0.6 is 24.0 Å². The predicted molar refractivity (Wildman–Crippen MR) is 130 cm³/mol. The molecule has 3 aromatic rings. The number of thioether (sulfide) groups is 1. The van der Waals surface area contributed by atoms with E-state index in [-0.39, 0.29) is 11.9 Å². The number of carbonyl (C=O) groups excluding carboxylic acids is 1. The highest BCUT2D eigenvalue weighted by Gasteiger charge is 2.10. The van der Waals surface area contributed by atoms with Crippen LogP contribution in [0.1, 0.15) is 28.9 Å².